The van der Waals surface area contributed by atoms with E-state index in [1.54, 1.807) is 13.2 Å². The summed E-state index contributed by atoms with van der Waals surface area (Å²) in [6.45, 7) is 1.09. The summed E-state index contributed by atoms with van der Waals surface area (Å²) in [6, 6.07) is 11.2. The normalized spacial score (nSPS) is 16.1. The number of carbonyl (C=O) groups is 1. The van der Waals surface area contributed by atoms with E-state index in [9.17, 15) is 4.79 Å². The lowest BCUT2D eigenvalue weighted by molar-refractivity contribution is 0.0200. The van der Waals surface area contributed by atoms with E-state index >= 15 is 0 Å². The monoisotopic (exact) mass is 438 g/mol. The van der Waals surface area contributed by atoms with Gasteiger partial charge in [0.2, 0.25) is 0 Å². The third-order valence-corrected chi connectivity index (χ3v) is 5.35. The van der Waals surface area contributed by atoms with E-state index in [4.69, 9.17) is 25.8 Å². The van der Waals surface area contributed by atoms with Gasteiger partial charge in [-0.15, -0.1) is 0 Å². The molecule has 0 saturated heterocycles. The van der Waals surface area contributed by atoms with Crippen molar-refractivity contribution in [3.05, 3.63) is 62.6 Å². The minimum atomic E-state index is -0.279. The van der Waals surface area contributed by atoms with Crippen molar-refractivity contribution in [2.24, 2.45) is 0 Å². The second-order valence-corrected chi connectivity index (χ2v) is 7.48. The molecule has 1 aliphatic heterocycles. The predicted molar refractivity (Wildman–Crippen MR) is 104 cm³/mol. The van der Waals surface area contributed by atoms with Crippen LogP contribution in [0, 0.1) is 0 Å². The van der Waals surface area contributed by atoms with E-state index in [-0.39, 0.29) is 12.1 Å². The average molecular weight is 440 g/mol. The molecule has 6 heteroatoms. The first-order chi connectivity index (χ1) is 12.6. The van der Waals surface area contributed by atoms with Gasteiger partial charge in [0.05, 0.1) is 19.3 Å². The topological polar surface area (TPSA) is 44.8 Å². The fourth-order valence-corrected chi connectivity index (χ4v) is 3.52. The summed E-state index contributed by atoms with van der Waals surface area (Å²) in [5.41, 5.74) is 2.63. The number of rotatable bonds is 7. The third kappa shape index (κ3) is 4.78. The van der Waals surface area contributed by atoms with Gasteiger partial charge >= 0.3 is 5.97 Å². The Bertz CT molecular complexity index is 793. The highest BCUT2D eigenvalue weighted by molar-refractivity contribution is 9.10. The Hall–Kier alpha value is -1.56. The number of hydrogen-bond donors (Lipinski definition) is 0. The van der Waals surface area contributed by atoms with Crippen LogP contribution in [0.4, 0.5) is 0 Å². The van der Waals surface area contributed by atoms with Crippen molar-refractivity contribution >= 4 is 33.5 Å². The Balaban J connectivity index is 1.45. The van der Waals surface area contributed by atoms with Crippen molar-refractivity contribution in [1.82, 2.24) is 0 Å². The molecule has 0 saturated carbocycles. The molecule has 0 spiro atoms. The van der Waals surface area contributed by atoms with E-state index in [0.29, 0.717) is 29.5 Å². The quantitative estimate of drug-likeness (QED) is 0.440. The summed E-state index contributed by atoms with van der Waals surface area (Å²) >= 11 is 9.49. The lowest BCUT2D eigenvalue weighted by atomic mass is 9.96. The summed E-state index contributed by atoms with van der Waals surface area (Å²) in [6.07, 6.45) is 2.21. The maximum atomic E-state index is 12.2. The van der Waals surface area contributed by atoms with Gasteiger partial charge in [-0.25, -0.2) is 4.79 Å². The van der Waals surface area contributed by atoms with Crippen molar-refractivity contribution in [1.29, 1.82) is 0 Å². The van der Waals surface area contributed by atoms with Gasteiger partial charge in [-0.1, -0.05) is 33.6 Å². The van der Waals surface area contributed by atoms with Gasteiger partial charge in [-0.2, -0.15) is 0 Å². The minimum Gasteiger partial charge on any atom is -0.497 e. The van der Waals surface area contributed by atoms with Crippen molar-refractivity contribution in [2.75, 3.05) is 13.7 Å². The SMILES string of the molecule is COc1ccc2c(c1)C(=O)OC(CCCOCc1cc(Cl)ccc1Br)C2. The largest absolute Gasteiger partial charge is 0.497 e. The van der Waals surface area contributed by atoms with Crippen LogP contribution in [-0.4, -0.2) is 25.8 Å². The summed E-state index contributed by atoms with van der Waals surface area (Å²) in [5, 5.41) is 0.691. The molecule has 0 bridgehead atoms. The van der Waals surface area contributed by atoms with Gasteiger partial charge in [-0.05, 0) is 54.3 Å². The highest BCUT2D eigenvalue weighted by Crippen LogP contribution is 2.27. The Morgan fingerprint density at radius 3 is 2.92 bits per heavy atom. The zero-order valence-electron chi connectivity index (χ0n) is 14.5. The molecule has 2 aromatic carbocycles. The number of esters is 1. The second-order valence-electron chi connectivity index (χ2n) is 6.19. The van der Waals surface area contributed by atoms with E-state index in [2.05, 4.69) is 15.9 Å². The lowest BCUT2D eigenvalue weighted by Crippen LogP contribution is -2.28. The van der Waals surface area contributed by atoms with E-state index < -0.39 is 0 Å². The number of cyclic esters (lactones) is 1. The Morgan fingerprint density at radius 2 is 2.12 bits per heavy atom. The van der Waals surface area contributed by atoms with Crippen LogP contribution in [0.25, 0.3) is 0 Å². The third-order valence-electron chi connectivity index (χ3n) is 4.34. The molecule has 0 aliphatic carbocycles. The van der Waals surface area contributed by atoms with Gasteiger partial charge < -0.3 is 14.2 Å². The van der Waals surface area contributed by atoms with Crippen LogP contribution in [0.1, 0.15) is 34.3 Å². The molecular weight excluding hydrogens is 420 g/mol. The minimum absolute atomic E-state index is 0.107. The van der Waals surface area contributed by atoms with Gasteiger partial charge in [0.25, 0.3) is 0 Å². The maximum Gasteiger partial charge on any atom is 0.338 e. The molecule has 0 amide bonds. The number of ether oxygens (including phenoxy) is 3. The number of hydrogen-bond acceptors (Lipinski definition) is 4. The number of fused-ring (bicyclic) bond motifs is 1. The van der Waals surface area contributed by atoms with Crippen molar-refractivity contribution in [3.8, 4) is 5.75 Å². The first kappa shape index (κ1) is 19.2. The number of methoxy groups -OCH3 is 1. The highest BCUT2D eigenvalue weighted by atomic mass is 79.9. The van der Waals surface area contributed by atoms with E-state index in [1.165, 1.54) is 0 Å². The van der Waals surface area contributed by atoms with E-state index in [0.717, 1.165) is 34.9 Å². The first-order valence-electron chi connectivity index (χ1n) is 8.46. The molecule has 0 fully saturated rings. The van der Waals surface area contributed by atoms with Crippen molar-refractivity contribution in [3.63, 3.8) is 0 Å². The summed E-state index contributed by atoms with van der Waals surface area (Å²) in [5.74, 6) is 0.388. The fourth-order valence-electron chi connectivity index (χ4n) is 2.96. The van der Waals surface area contributed by atoms with Crippen LogP contribution in [0.2, 0.25) is 5.02 Å². The van der Waals surface area contributed by atoms with Crippen LogP contribution < -0.4 is 4.74 Å². The molecule has 0 N–H and O–H groups in total. The zero-order chi connectivity index (χ0) is 18.5. The van der Waals surface area contributed by atoms with Crippen LogP contribution >= 0.6 is 27.5 Å². The molecule has 138 valence electrons. The molecule has 3 rings (SSSR count). The number of carbonyl (C=O) groups excluding carboxylic acids is 1. The standard InChI is InChI=1S/C20H20BrClO4/c1-24-16-6-4-13-10-17(26-20(23)18(13)11-16)3-2-8-25-12-14-9-15(22)5-7-19(14)21/h4-7,9,11,17H,2-3,8,10,12H2,1H3. The molecule has 1 aliphatic rings. The highest BCUT2D eigenvalue weighted by Gasteiger charge is 2.26. The van der Waals surface area contributed by atoms with Crippen LogP contribution in [0.3, 0.4) is 0 Å². The van der Waals surface area contributed by atoms with Crippen molar-refractivity contribution < 1.29 is 19.0 Å². The molecule has 4 nitrogen and oxygen atoms in total. The van der Waals surface area contributed by atoms with Gasteiger partial charge in [0, 0.05) is 22.5 Å². The number of benzene rings is 2. The smallest absolute Gasteiger partial charge is 0.338 e. The molecule has 1 unspecified atom stereocenters. The molecular formula is C20H20BrClO4. The number of halogens is 2. The second kappa shape index (κ2) is 8.89. The Morgan fingerprint density at radius 1 is 1.27 bits per heavy atom. The Labute approximate surface area is 166 Å². The molecule has 0 aromatic heterocycles. The summed E-state index contributed by atoms with van der Waals surface area (Å²) in [7, 11) is 1.58. The van der Waals surface area contributed by atoms with Gasteiger partial charge in [0.15, 0.2) is 0 Å². The van der Waals surface area contributed by atoms with E-state index in [1.807, 2.05) is 30.3 Å². The predicted octanol–water partition coefficient (Wildman–Crippen LogP) is 5.19. The molecule has 1 heterocycles. The zero-order valence-corrected chi connectivity index (χ0v) is 16.8. The first-order valence-corrected chi connectivity index (χ1v) is 9.63. The molecule has 0 radical (unpaired) electrons. The molecule has 26 heavy (non-hydrogen) atoms. The van der Waals surface area contributed by atoms with Crippen LogP contribution in [0.5, 0.6) is 5.75 Å². The van der Waals surface area contributed by atoms with Crippen molar-refractivity contribution in [2.45, 2.75) is 32.0 Å². The summed E-state index contributed by atoms with van der Waals surface area (Å²) < 4.78 is 17.4. The maximum absolute atomic E-state index is 12.2. The van der Waals surface area contributed by atoms with Crippen LogP contribution in [0.15, 0.2) is 40.9 Å². The molecule has 1 atom stereocenters. The van der Waals surface area contributed by atoms with Gasteiger partial charge in [-0.3, -0.25) is 0 Å². The Kier molecular flexibility index (Phi) is 6.57. The lowest BCUT2D eigenvalue weighted by Gasteiger charge is -2.25. The van der Waals surface area contributed by atoms with Gasteiger partial charge in [0.1, 0.15) is 11.9 Å². The summed E-state index contributed by atoms with van der Waals surface area (Å²) in [4.78, 5) is 12.2. The average Bonchev–Trinajstić information content (AvgIpc) is 2.64. The molecule has 2 aromatic rings. The fraction of sp³-hybridized carbons (Fsp3) is 0.350. The van der Waals surface area contributed by atoms with Crippen LogP contribution in [-0.2, 0) is 22.5 Å².